The Morgan fingerprint density at radius 2 is 1.47 bits per heavy atom. The van der Waals surface area contributed by atoms with Crippen LogP contribution in [0.25, 0.3) is 21.9 Å². The lowest BCUT2D eigenvalue weighted by atomic mass is 10.1. The number of rotatable bonds is 6. The number of benzene rings is 2. The maximum absolute atomic E-state index is 14.1. The molecule has 0 aliphatic rings. The summed E-state index contributed by atoms with van der Waals surface area (Å²) in [6.07, 6.45) is 1.41. The third kappa shape index (κ3) is 5.94. The Kier molecular flexibility index (Phi) is 7.03. The second-order valence-corrected chi connectivity index (χ2v) is 13.0. The minimum absolute atomic E-state index is 0.112. The van der Waals surface area contributed by atoms with E-state index in [0.29, 0.717) is 28.5 Å². The zero-order chi connectivity index (χ0) is 26.5. The Labute approximate surface area is 214 Å². The molecule has 0 aliphatic heterocycles. The van der Waals surface area contributed by atoms with Crippen LogP contribution in [-0.4, -0.2) is 25.7 Å². The molecular formula is C26H29ClF2N3O3P. The first-order chi connectivity index (χ1) is 16.6. The maximum Gasteiger partial charge on any atom is 0.336 e. The number of hydrogen-bond acceptors (Lipinski definition) is 5. The van der Waals surface area contributed by atoms with Gasteiger partial charge in [-0.1, -0.05) is 35.9 Å². The number of nitrogens with zero attached hydrogens (tertiary/aromatic N) is 3. The average molecular weight is 536 g/mol. The van der Waals surface area contributed by atoms with Gasteiger partial charge >= 0.3 is 7.60 Å². The van der Waals surface area contributed by atoms with Crippen molar-refractivity contribution in [2.24, 2.45) is 0 Å². The van der Waals surface area contributed by atoms with Crippen molar-refractivity contribution >= 4 is 41.1 Å². The molecule has 2 aromatic heterocycles. The predicted octanol–water partition coefficient (Wildman–Crippen LogP) is 7.89. The molecule has 6 nitrogen and oxygen atoms in total. The van der Waals surface area contributed by atoms with Crippen molar-refractivity contribution in [2.45, 2.75) is 65.5 Å². The van der Waals surface area contributed by atoms with Gasteiger partial charge in [0.2, 0.25) is 0 Å². The highest BCUT2D eigenvalue weighted by atomic mass is 35.5. The van der Waals surface area contributed by atoms with Crippen LogP contribution >= 0.6 is 19.2 Å². The monoisotopic (exact) mass is 535 g/mol. The first kappa shape index (κ1) is 26.7. The van der Waals surface area contributed by atoms with E-state index < -0.39 is 30.4 Å². The fraction of sp³-hybridized carbons (Fsp3) is 0.385. The van der Waals surface area contributed by atoms with Gasteiger partial charge in [0.1, 0.15) is 17.4 Å². The number of hydrogen-bond donors (Lipinski definition) is 0. The van der Waals surface area contributed by atoms with E-state index in [1.807, 2.05) is 65.8 Å². The molecule has 2 heterocycles. The second kappa shape index (κ2) is 9.49. The van der Waals surface area contributed by atoms with E-state index in [1.165, 1.54) is 6.33 Å². The van der Waals surface area contributed by atoms with E-state index in [2.05, 4.69) is 9.97 Å². The summed E-state index contributed by atoms with van der Waals surface area (Å²) in [6.45, 7) is 11.3. The smallest absolute Gasteiger partial charge is 0.332 e. The number of halogens is 3. The van der Waals surface area contributed by atoms with Gasteiger partial charge in [-0.05, 0) is 58.7 Å². The molecule has 0 aliphatic carbocycles. The van der Waals surface area contributed by atoms with Crippen LogP contribution in [0.2, 0.25) is 5.15 Å². The first-order valence-electron chi connectivity index (χ1n) is 11.5. The van der Waals surface area contributed by atoms with E-state index in [0.717, 1.165) is 23.3 Å². The van der Waals surface area contributed by atoms with Crippen molar-refractivity contribution in [3.8, 4) is 0 Å². The molecule has 0 bridgehead atoms. The number of fused-ring (bicyclic) bond motifs is 3. The third-order valence-electron chi connectivity index (χ3n) is 5.20. The lowest BCUT2D eigenvalue weighted by Crippen LogP contribution is -2.24. The molecule has 192 valence electrons. The van der Waals surface area contributed by atoms with E-state index in [-0.39, 0.29) is 11.3 Å². The predicted molar refractivity (Wildman–Crippen MR) is 138 cm³/mol. The van der Waals surface area contributed by atoms with Gasteiger partial charge < -0.3 is 13.6 Å². The molecule has 36 heavy (non-hydrogen) atoms. The summed E-state index contributed by atoms with van der Waals surface area (Å²) in [4.78, 5) is 8.30. The molecule has 0 N–H and O–H groups in total. The summed E-state index contributed by atoms with van der Waals surface area (Å²) in [5.41, 5.74) is 1.75. The number of aromatic nitrogens is 3. The summed E-state index contributed by atoms with van der Waals surface area (Å²) < 4.78 is 55.3. The van der Waals surface area contributed by atoms with E-state index >= 15 is 0 Å². The molecule has 0 saturated carbocycles. The zero-order valence-electron chi connectivity index (χ0n) is 21.1. The fourth-order valence-electron chi connectivity index (χ4n) is 4.10. The molecule has 0 amide bonds. The molecule has 0 atom stereocenters. The molecule has 10 heteroatoms. The fourth-order valence-corrected chi connectivity index (χ4v) is 6.83. The van der Waals surface area contributed by atoms with Crippen LogP contribution in [0.1, 0.15) is 52.7 Å². The largest absolute Gasteiger partial charge is 0.336 e. The van der Waals surface area contributed by atoms with Crippen LogP contribution in [0, 0.1) is 11.6 Å². The normalized spacial score (nSPS) is 13.1. The van der Waals surface area contributed by atoms with Crippen LogP contribution in [0.4, 0.5) is 8.78 Å². The lowest BCUT2D eigenvalue weighted by Gasteiger charge is -2.32. The molecule has 0 fully saturated rings. The summed E-state index contributed by atoms with van der Waals surface area (Å²) >= 11 is 6.36. The maximum atomic E-state index is 14.1. The Morgan fingerprint density at radius 3 is 2.06 bits per heavy atom. The Balaban J connectivity index is 1.68. The van der Waals surface area contributed by atoms with Gasteiger partial charge in [0.15, 0.2) is 16.8 Å². The first-order valence-corrected chi connectivity index (χ1v) is 13.6. The molecule has 2 aromatic carbocycles. The van der Waals surface area contributed by atoms with E-state index in [1.54, 1.807) is 4.57 Å². The Bertz CT molecular complexity index is 1450. The molecule has 0 unspecified atom stereocenters. The summed E-state index contributed by atoms with van der Waals surface area (Å²) in [5.74, 6) is -1.92. The highest BCUT2D eigenvalue weighted by Gasteiger charge is 2.35. The van der Waals surface area contributed by atoms with Crippen LogP contribution in [0.5, 0.6) is 0 Å². The average Bonchev–Trinajstić information content (AvgIpc) is 3.00. The molecule has 0 radical (unpaired) electrons. The van der Waals surface area contributed by atoms with Crippen LogP contribution in [0.15, 0.2) is 42.7 Å². The van der Waals surface area contributed by atoms with Crippen molar-refractivity contribution in [2.75, 3.05) is 0 Å². The SMILES string of the molecule is CC(C)(C)OP(=O)(Cc1ccc(Cn2c3cc(F)c(F)cc3c3ncnc(Cl)c32)cc1)OC(C)(C)C. The van der Waals surface area contributed by atoms with Gasteiger partial charge in [0, 0.05) is 18.0 Å². The van der Waals surface area contributed by atoms with Crippen LogP contribution in [-0.2, 0) is 26.3 Å². The summed E-state index contributed by atoms with van der Waals surface area (Å²) in [6, 6.07) is 9.73. The Hall–Kier alpha value is -2.38. The van der Waals surface area contributed by atoms with Gasteiger partial charge in [0.25, 0.3) is 0 Å². The highest BCUT2D eigenvalue weighted by molar-refractivity contribution is 7.53. The minimum Gasteiger partial charge on any atom is -0.332 e. The van der Waals surface area contributed by atoms with Crippen LogP contribution < -0.4 is 0 Å². The van der Waals surface area contributed by atoms with Gasteiger partial charge in [-0.3, -0.25) is 4.57 Å². The van der Waals surface area contributed by atoms with Gasteiger partial charge in [-0.25, -0.2) is 18.7 Å². The van der Waals surface area contributed by atoms with Crippen molar-refractivity contribution in [3.63, 3.8) is 0 Å². The zero-order valence-corrected chi connectivity index (χ0v) is 22.8. The quantitative estimate of drug-likeness (QED) is 0.185. The van der Waals surface area contributed by atoms with Crippen molar-refractivity contribution in [1.82, 2.24) is 14.5 Å². The van der Waals surface area contributed by atoms with Crippen molar-refractivity contribution in [1.29, 1.82) is 0 Å². The standard InChI is InChI=1S/C26H29ClF2N3O3P/c1-25(2,3)34-36(33,35-26(4,5)6)14-17-9-7-16(8-10-17)13-32-21-12-20(29)19(28)11-18(21)22-23(32)24(27)31-15-30-22/h7-12,15H,13-14H2,1-6H3. The molecule has 4 rings (SSSR count). The Morgan fingerprint density at radius 1 is 0.917 bits per heavy atom. The van der Waals surface area contributed by atoms with E-state index in [4.69, 9.17) is 20.6 Å². The van der Waals surface area contributed by atoms with Gasteiger partial charge in [0.05, 0.1) is 22.9 Å². The highest BCUT2D eigenvalue weighted by Crippen LogP contribution is 2.56. The van der Waals surface area contributed by atoms with Crippen molar-refractivity contribution in [3.05, 3.63) is 70.6 Å². The summed E-state index contributed by atoms with van der Waals surface area (Å²) in [7, 11) is -3.45. The molecular weight excluding hydrogens is 507 g/mol. The summed E-state index contributed by atoms with van der Waals surface area (Å²) in [5, 5.41) is 0.637. The molecule has 0 saturated heterocycles. The van der Waals surface area contributed by atoms with Crippen LogP contribution in [0.3, 0.4) is 0 Å². The van der Waals surface area contributed by atoms with E-state index in [9.17, 15) is 13.3 Å². The van der Waals surface area contributed by atoms with Gasteiger partial charge in [-0.2, -0.15) is 0 Å². The lowest BCUT2D eigenvalue weighted by molar-refractivity contribution is 0.0485. The van der Waals surface area contributed by atoms with Gasteiger partial charge in [-0.15, -0.1) is 0 Å². The molecule has 4 aromatic rings. The second-order valence-electron chi connectivity index (χ2n) is 10.7. The van der Waals surface area contributed by atoms with Crippen molar-refractivity contribution < 1.29 is 22.4 Å². The molecule has 0 spiro atoms. The topological polar surface area (TPSA) is 66.2 Å². The third-order valence-corrected chi connectivity index (χ3v) is 7.88. The minimum atomic E-state index is -3.45.